The number of rotatable bonds is 6. The van der Waals surface area contributed by atoms with Crippen LogP contribution in [0.15, 0.2) is 24.3 Å². The van der Waals surface area contributed by atoms with Crippen molar-refractivity contribution in [2.24, 2.45) is 0 Å². The van der Waals surface area contributed by atoms with Gasteiger partial charge in [0, 0.05) is 18.3 Å². The van der Waals surface area contributed by atoms with Gasteiger partial charge in [-0.3, -0.25) is 0 Å². The van der Waals surface area contributed by atoms with E-state index < -0.39 is 5.60 Å². The van der Waals surface area contributed by atoms with Crippen LogP contribution in [0.3, 0.4) is 0 Å². The maximum atomic E-state index is 13.1. The smallest absolute Gasteiger partial charge is 0.123 e. The topological polar surface area (TPSA) is 32.3 Å². The van der Waals surface area contributed by atoms with Crippen molar-refractivity contribution in [2.45, 2.75) is 37.3 Å². The van der Waals surface area contributed by atoms with Gasteiger partial charge >= 0.3 is 0 Å². The van der Waals surface area contributed by atoms with Gasteiger partial charge in [0.1, 0.15) is 5.82 Å². The number of halogens is 1. The van der Waals surface area contributed by atoms with Crippen molar-refractivity contribution in [1.29, 1.82) is 0 Å². The van der Waals surface area contributed by atoms with Gasteiger partial charge in [-0.15, -0.1) is 0 Å². The Morgan fingerprint density at radius 3 is 2.84 bits per heavy atom. The van der Waals surface area contributed by atoms with Crippen LogP contribution in [0.2, 0.25) is 0 Å². The highest BCUT2D eigenvalue weighted by atomic mass is 32.2. The van der Waals surface area contributed by atoms with E-state index in [1.165, 1.54) is 6.07 Å². The minimum atomic E-state index is -0.649. The summed E-state index contributed by atoms with van der Waals surface area (Å²) in [6.07, 6.45) is 4.05. The average Bonchev–Trinajstić information content (AvgIpc) is 2.26. The van der Waals surface area contributed by atoms with Gasteiger partial charge in [0.25, 0.3) is 0 Å². The average molecular weight is 283 g/mol. The van der Waals surface area contributed by atoms with Crippen LogP contribution < -0.4 is 5.32 Å². The third-order valence-corrected chi connectivity index (χ3v) is 4.60. The Labute approximate surface area is 118 Å². The molecular formula is C15H22FNOS. The van der Waals surface area contributed by atoms with Crippen LogP contribution in [-0.2, 0) is 0 Å². The van der Waals surface area contributed by atoms with Crippen molar-refractivity contribution in [2.75, 3.05) is 18.6 Å². The van der Waals surface area contributed by atoms with Gasteiger partial charge < -0.3 is 10.4 Å². The van der Waals surface area contributed by atoms with E-state index in [0.29, 0.717) is 18.5 Å². The lowest BCUT2D eigenvalue weighted by Gasteiger charge is -2.38. The first-order valence-electron chi connectivity index (χ1n) is 6.70. The van der Waals surface area contributed by atoms with Crippen LogP contribution >= 0.6 is 11.8 Å². The molecule has 0 heterocycles. The first kappa shape index (κ1) is 14.8. The SMILES string of the molecule is CSCC(C)(O)CNC1CC(c2cccc(F)c2)C1. The van der Waals surface area contributed by atoms with E-state index in [9.17, 15) is 9.50 Å². The van der Waals surface area contributed by atoms with E-state index in [1.54, 1.807) is 23.9 Å². The zero-order valence-corrected chi connectivity index (χ0v) is 12.3. The first-order valence-corrected chi connectivity index (χ1v) is 8.10. The van der Waals surface area contributed by atoms with Gasteiger partial charge in [-0.05, 0) is 49.6 Å². The van der Waals surface area contributed by atoms with E-state index in [4.69, 9.17) is 0 Å². The fourth-order valence-electron chi connectivity index (χ4n) is 2.54. The van der Waals surface area contributed by atoms with Crippen LogP contribution in [-0.4, -0.2) is 35.3 Å². The molecule has 2 rings (SSSR count). The van der Waals surface area contributed by atoms with Crippen molar-refractivity contribution < 1.29 is 9.50 Å². The summed E-state index contributed by atoms with van der Waals surface area (Å²) < 4.78 is 13.1. The maximum absolute atomic E-state index is 13.1. The van der Waals surface area contributed by atoms with Gasteiger partial charge in [0.15, 0.2) is 0 Å². The molecular weight excluding hydrogens is 261 g/mol. The number of aliphatic hydroxyl groups is 1. The highest BCUT2D eigenvalue weighted by Gasteiger charge is 2.31. The molecule has 0 spiro atoms. The third kappa shape index (κ3) is 4.20. The maximum Gasteiger partial charge on any atom is 0.123 e. The minimum Gasteiger partial charge on any atom is -0.388 e. The summed E-state index contributed by atoms with van der Waals surface area (Å²) in [7, 11) is 0. The minimum absolute atomic E-state index is 0.156. The van der Waals surface area contributed by atoms with Crippen molar-refractivity contribution >= 4 is 11.8 Å². The molecule has 1 aromatic rings. The molecule has 2 N–H and O–H groups in total. The normalized spacial score (nSPS) is 25.7. The Kier molecular flexibility index (Phi) is 4.87. The molecule has 0 amide bonds. The summed E-state index contributed by atoms with van der Waals surface area (Å²) in [6.45, 7) is 2.48. The Hall–Kier alpha value is -0.580. The van der Waals surface area contributed by atoms with Gasteiger partial charge in [-0.1, -0.05) is 12.1 Å². The predicted octanol–water partition coefficient (Wildman–Crippen LogP) is 2.78. The van der Waals surface area contributed by atoms with Crippen LogP contribution in [0, 0.1) is 5.82 Å². The molecule has 1 aliphatic rings. The lowest BCUT2D eigenvalue weighted by molar-refractivity contribution is 0.0756. The summed E-state index contributed by atoms with van der Waals surface area (Å²) >= 11 is 1.65. The first-order chi connectivity index (χ1) is 9.00. The van der Waals surface area contributed by atoms with Crippen molar-refractivity contribution in [3.8, 4) is 0 Å². The summed E-state index contributed by atoms with van der Waals surface area (Å²) in [5.41, 5.74) is 0.442. The van der Waals surface area contributed by atoms with Gasteiger partial charge in [-0.2, -0.15) is 11.8 Å². The second-order valence-electron chi connectivity index (χ2n) is 5.73. The summed E-state index contributed by atoms with van der Waals surface area (Å²) in [5.74, 6) is 1.04. The Balaban J connectivity index is 1.75. The molecule has 1 aromatic carbocycles. The van der Waals surface area contributed by atoms with Gasteiger partial charge in [0.2, 0.25) is 0 Å². The lowest BCUT2D eigenvalue weighted by atomic mass is 9.75. The quantitative estimate of drug-likeness (QED) is 0.842. The van der Waals surface area contributed by atoms with E-state index in [0.717, 1.165) is 24.2 Å². The molecule has 0 saturated heterocycles. The number of thioether (sulfide) groups is 1. The summed E-state index contributed by atoms with van der Waals surface area (Å²) in [5, 5.41) is 13.5. The largest absolute Gasteiger partial charge is 0.388 e. The fourth-order valence-corrected chi connectivity index (χ4v) is 3.27. The second kappa shape index (κ2) is 6.25. The molecule has 19 heavy (non-hydrogen) atoms. The molecule has 1 fully saturated rings. The van der Waals surface area contributed by atoms with E-state index >= 15 is 0 Å². The van der Waals surface area contributed by atoms with Gasteiger partial charge in [0.05, 0.1) is 5.60 Å². The predicted molar refractivity (Wildman–Crippen MR) is 79.2 cm³/mol. The molecule has 1 aliphatic carbocycles. The lowest BCUT2D eigenvalue weighted by Crippen LogP contribution is -2.48. The Bertz CT molecular complexity index is 418. The molecule has 1 atom stereocenters. The monoisotopic (exact) mass is 283 g/mol. The van der Waals surface area contributed by atoms with Crippen LogP contribution in [0.25, 0.3) is 0 Å². The highest BCUT2D eigenvalue weighted by molar-refractivity contribution is 7.98. The highest BCUT2D eigenvalue weighted by Crippen LogP contribution is 2.37. The Morgan fingerprint density at radius 2 is 2.21 bits per heavy atom. The second-order valence-corrected chi connectivity index (χ2v) is 6.60. The zero-order valence-electron chi connectivity index (χ0n) is 11.5. The standard InChI is InChI=1S/C15H22FNOS/c1-15(18,10-19-2)9-17-14-7-12(8-14)11-4-3-5-13(16)6-11/h3-6,12,14,17-18H,7-10H2,1-2H3. The van der Waals surface area contributed by atoms with E-state index in [1.807, 2.05) is 19.2 Å². The summed E-state index contributed by atoms with van der Waals surface area (Å²) in [4.78, 5) is 0. The molecule has 2 nitrogen and oxygen atoms in total. The number of nitrogens with one attached hydrogen (secondary N) is 1. The van der Waals surface area contributed by atoms with Crippen LogP contribution in [0.4, 0.5) is 4.39 Å². The van der Waals surface area contributed by atoms with Crippen molar-refractivity contribution in [3.05, 3.63) is 35.6 Å². The number of hydrogen-bond acceptors (Lipinski definition) is 3. The molecule has 1 saturated carbocycles. The van der Waals surface area contributed by atoms with Gasteiger partial charge in [-0.25, -0.2) is 4.39 Å². The van der Waals surface area contributed by atoms with Crippen LogP contribution in [0.5, 0.6) is 0 Å². The molecule has 4 heteroatoms. The van der Waals surface area contributed by atoms with E-state index in [2.05, 4.69) is 5.32 Å². The summed E-state index contributed by atoms with van der Waals surface area (Å²) in [6, 6.07) is 7.33. The molecule has 0 aliphatic heterocycles. The van der Waals surface area contributed by atoms with Crippen molar-refractivity contribution in [3.63, 3.8) is 0 Å². The Morgan fingerprint density at radius 1 is 1.47 bits per heavy atom. The molecule has 0 bridgehead atoms. The molecule has 1 unspecified atom stereocenters. The fraction of sp³-hybridized carbons (Fsp3) is 0.600. The number of hydrogen-bond donors (Lipinski definition) is 2. The zero-order chi connectivity index (χ0) is 13.9. The van der Waals surface area contributed by atoms with Crippen LogP contribution in [0.1, 0.15) is 31.2 Å². The van der Waals surface area contributed by atoms with Crippen molar-refractivity contribution in [1.82, 2.24) is 5.32 Å². The molecule has 0 radical (unpaired) electrons. The third-order valence-electron chi connectivity index (χ3n) is 3.69. The van der Waals surface area contributed by atoms with E-state index in [-0.39, 0.29) is 5.82 Å². The molecule has 106 valence electrons. The molecule has 0 aromatic heterocycles. The number of benzene rings is 1.